The molecule has 1 aliphatic heterocycles. The summed E-state index contributed by atoms with van der Waals surface area (Å²) in [7, 11) is 0. The topological polar surface area (TPSA) is 12.5 Å². The van der Waals surface area contributed by atoms with Crippen LogP contribution in [0.1, 0.15) is 39.0 Å². The Morgan fingerprint density at radius 1 is 1.13 bits per heavy atom. The van der Waals surface area contributed by atoms with Crippen LogP contribution in [0.4, 0.5) is 0 Å². The zero-order valence-corrected chi connectivity index (χ0v) is 10.2. The standard InChI is InChI=1S/C13H26NO/c1-13(2)7-5-3-4-6-8-14-9-11-15-12-10-14/h13H,1,3-12H2,2H3. The van der Waals surface area contributed by atoms with Gasteiger partial charge < -0.3 is 4.74 Å². The molecule has 1 heterocycles. The van der Waals surface area contributed by atoms with Crippen molar-refractivity contribution >= 4 is 0 Å². The van der Waals surface area contributed by atoms with Crippen molar-refractivity contribution in [2.45, 2.75) is 39.0 Å². The van der Waals surface area contributed by atoms with Gasteiger partial charge in [-0.2, -0.15) is 0 Å². The molecule has 0 aromatic heterocycles. The molecule has 1 saturated heterocycles. The van der Waals surface area contributed by atoms with Gasteiger partial charge in [0.25, 0.3) is 0 Å². The largest absolute Gasteiger partial charge is 0.379 e. The van der Waals surface area contributed by atoms with Crippen LogP contribution < -0.4 is 0 Å². The molecule has 89 valence electrons. The summed E-state index contributed by atoms with van der Waals surface area (Å²) in [5.41, 5.74) is 0. The second-order valence-corrected chi connectivity index (χ2v) is 4.76. The Hall–Kier alpha value is -0.0800. The highest BCUT2D eigenvalue weighted by Crippen LogP contribution is 2.09. The Labute approximate surface area is 95.0 Å². The Morgan fingerprint density at radius 2 is 1.80 bits per heavy atom. The summed E-state index contributed by atoms with van der Waals surface area (Å²) in [4.78, 5) is 2.52. The van der Waals surface area contributed by atoms with E-state index in [0.717, 1.165) is 26.3 Å². The summed E-state index contributed by atoms with van der Waals surface area (Å²) in [6, 6.07) is 0. The Kier molecular flexibility index (Phi) is 7.03. The van der Waals surface area contributed by atoms with Crippen molar-refractivity contribution in [3.8, 4) is 0 Å². The van der Waals surface area contributed by atoms with Crippen LogP contribution in [0.25, 0.3) is 0 Å². The lowest BCUT2D eigenvalue weighted by atomic mass is 10.0. The molecule has 0 aromatic carbocycles. The van der Waals surface area contributed by atoms with Gasteiger partial charge in [-0.15, -0.1) is 0 Å². The number of hydrogen-bond acceptors (Lipinski definition) is 2. The lowest BCUT2D eigenvalue weighted by Gasteiger charge is -2.26. The van der Waals surface area contributed by atoms with E-state index >= 15 is 0 Å². The maximum Gasteiger partial charge on any atom is 0.0594 e. The van der Waals surface area contributed by atoms with Crippen molar-refractivity contribution in [1.82, 2.24) is 4.90 Å². The lowest BCUT2D eigenvalue weighted by Crippen LogP contribution is -2.36. The summed E-state index contributed by atoms with van der Waals surface area (Å²) >= 11 is 0. The van der Waals surface area contributed by atoms with E-state index < -0.39 is 0 Å². The Balaban J connectivity index is 1.83. The third kappa shape index (κ3) is 6.91. The monoisotopic (exact) mass is 212 g/mol. The molecule has 15 heavy (non-hydrogen) atoms. The molecular weight excluding hydrogens is 186 g/mol. The second-order valence-electron chi connectivity index (χ2n) is 4.76. The van der Waals surface area contributed by atoms with Crippen molar-refractivity contribution < 1.29 is 4.74 Å². The number of unbranched alkanes of at least 4 members (excludes halogenated alkanes) is 3. The minimum absolute atomic E-state index is 0.629. The number of hydrogen-bond donors (Lipinski definition) is 0. The summed E-state index contributed by atoms with van der Waals surface area (Å²) in [5.74, 6) is 0.629. The van der Waals surface area contributed by atoms with E-state index in [1.807, 2.05) is 0 Å². The molecule has 0 amide bonds. The molecule has 1 fully saturated rings. The van der Waals surface area contributed by atoms with Gasteiger partial charge in [-0.25, -0.2) is 0 Å². The molecule has 1 aliphatic rings. The Bertz CT molecular complexity index is 141. The second kappa shape index (κ2) is 8.12. The molecule has 2 heteroatoms. The SMILES string of the molecule is [CH2]C(C)CCCCCCN1CCOCC1. The molecule has 2 nitrogen and oxygen atoms in total. The number of nitrogens with zero attached hydrogens (tertiary/aromatic N) is 1. The smallest absolute Gasteiger partial charge is 0.0594 e. The van der Waals surface area contributed by atoms with Crippen molar-refractivity contribution in [1.29, 1.82) is 0 Å². The molecule has 1 atom stereocenters. The van der Waals surface area contributed by atoms with Crippen LogP contribution in [0.5, 0.6) is 0 Å². The molecule has 0 saturated carbocycles. The van der Waals surface area contributed by atoms with E-state index in [9.17, 15) is 0 Å². The average Bonchev–Trinajstić information content (AvgIpc) is 2.24. The first-order valence-electron chi connectivity index (χ1n) is 6.42. The molecule has 0 N–H and O–H groups in total. The van der Waals surface area contributed by atoms with Gasteiger partial charge in [-0.05, 0) is 18.9 Å². The minimum atomic E-state index is 0.629. The Morgan fingerprint density at radius 3 is 2.47 bits per heavy atom. The van der Waals surface area contributed by atoms with Gasteiger partial charge in [-0.1, -0.05) is 39.5 Å². The number of morpholine rings is 1. The third-order valence-electron chi connectivity index (χ3n) is 3.02. The highest BCUT2D eigenvalue weighted by molar-refractivity contribution is 4.62. The molecule has 0 spiro atoms. The van der Waals surface area contributed by atoms with Gasteiger partial charge in [0.1, 0.15) is 0 Å². The molecule has 1 unspecified atom stereocenters. The van der Waals surface area contributed by atoms with Crippen molar-refractivity contribution in [2.75, 3.05) is 32.8 Å². The van der Waals surface area contributed by atoms with Gasteiger partial charge in [-0.3, -0.25) is 4.90 Å². The summed E-state index contributed by atoms with van der Waals surface area (Å²) in [6.07, 6.45) is 6.76. The molecular formula is C13H26NO. The van der Waals surface area contributed by atoms with Gasteiger partial charge in [0.05, 0.1) is 13.2 Å². The fourth-order valence-electron chi connectivity index (χ4n) is 2.01. The van der Waals surface area contributed by atoms with Gasteiger partial charge >= 0.3 is 0 Å². The minimum Gasteiger partial charge on any atom is -0.379 e. The third-order valence-corrected chi connectivity index (χ3v) is 3.02. The van der Waals surface area contributed by atoms with Crippen LogP contribution in [-0.4, -0.2) is 37.7 Å². The molecule has 1 radical (unpaired) electrons. The van der Waals surface area contributed by atoms with Gasteiger partial charge in [0, 0.05) is 13.1 Å². The normalized spacial score (nSPS) is 18.6. The van der Waals surface area contributed by atoms with E-state index in [0.29, 0.717) is 5.92 Å². The van der Waals surface area contributed by atoms with Crippen LogP contribution in [0, 0.1) is 12.8 Å². The first kappa shape index (κ1) is 13.0. The number of ether oxygens (including phenoxy) is 1. The van der Waals surface area contributed by atoms with E-state index in [1.54, 1.807) is 0 Å². The predicted octanol–water partition coefficient (Wildman–Crippen LogP) is 2.74. The van der Waals surface area contributed by atoms with Crippen LogP contribution >= 0.6 is 0 Å². The van der Waals surface area contributed by atoms with E-state index in [-0.39, 0.29) is 0 Å². The fourth-order valence-corrected chi connectivity index (χ4v) is 2.01. The van der Waals surface area contributed by atoms with Gasteiger partial charge in [0.15, 0.2) is 0 Å². The first-order valence-corrected chi connectivity index (χ1v) is 6.42. The van der Waals surface area contributed by atoms with Crippen LogP contribution in [0.3, 0.4) is 0 Å². The summed E-state index contributed by atoms with van der Waals surface area (Å²) in [6.45, 7) is 11.6. The molecule has 0 bridgehead atoms. The number of rotatable bonds is 7. The fraction of sp³-hybridized carbons (Fsp3) is 0.923. The van der Waals surface area contributed by atoms with Crippen molar-refractivity contribution in [3.05, 3.63) is 6.92 Å². The molecule has 0 aliphatic carbocycles. The quantitative estimate of drug-likeness (QED) is 0.602. The highest BCUT2D eigenvalue weighted by atomic mass is 16.5. The van der Waals surface area contributed by atoms with Crippen molar-refractivity contribution in [2.24, 2.45) is 5.92 Å². The maximum absolute atomic E-state index is 5.32. The van der Waals surface area contributed by atoms with Crippen molar-refractivity contribution in [3.63, 3.8) is 0 Å². The lowest BCUT2D eigenvalue weighted by molar-refractivity contribution is 0.0371. The zero-order valence-electron chi connectivity index (χ0n) is 10.2. The summed E-state index contributed by atoms with van der Waals surface area (Å²) in [5, 5.41) is 0. The van der Waals surface area contributed by atoms with E-state index in [4.69, 9.17) is 4.74 Å². The van der Waals surface area contributed by atoms with E-state index in [2.05, 4.69) is 18.7 Å². The van der Waals surface area contributed by atoms with Gasteiger partial charge in [0.2, 0.25) is 0 Å². The van der Waals surface area contributed by atoms with Crippen LogP contribution in [0.2, 0.25) is 0 Å². The zero-order chi connectivity index (χ0) is 10.9. The first-order chi connectivity index (χ1) is 7.29. The maximum atomic E-state index is 5.32. The highest BCUT2D eigenvalue weighted by Gasteiger charge is 2.08. The predicted molar refractivity (Wildman–Crippen MR) is 64.9 cm³/mol. The van der Waals surface area contributed by atoms with Crippen LogP contribution in [0.15, 0.2) is 0 Å². The average molecular weight is 212 g/mol. The molecule has 1 rings (SSSR count). The van der Waals surface area contributed by atoms with Crippen LogP contribution in [-0.2, 0) is 4.74 Å². The molecule has 0 aromatic rings. The summed E-state index contributed by atoms with van der Waals surface area (Å²) < 4.78 is 5.32. The van der Waals surface area contributed by atoms with E-state index in [1.165, 1.54) is 38.6 Å².